The quantitative estimate of drug-likeness (QED) is 0.165. The van der Waals surface area contributed by atoms with Crippen LogP contribution in [0, 0.1) is 29.1 Å². The molecule has 1 aromatic carbocycles. The number of hydrogen-bond acceptors (Lipinski definition) is 12. The van der Waals surface area contributed by atoms with Gasteiger partial charge < -0.3 is 33.9 Å². The van der Waals surface area contributed by atoms with Gasteiger partial charge in [-0.2, -0.15) is 0 Å². The predicted octanol–water partition coefficient (Wildman–Crippen LogP) is 4.68. The number of H-pyrrole nitrogens is 1. The molecule has 5 aliphatic heterocycles. The van der Waals surface area contributed by atoms with E-state index in [0.29, 0.717) is 24.9 Å². The lowest BCUT2D eigenvalue weighted by Gasteiger charge is -2.61. The van der Waals surface area contributed by atoms with E-state index < -0.39 is 52.5 Å². The van der Waals surface area contributed by atoms with Crippen molar-refractivity contribution in [3.8, 4) is 0 Å². The molecule has 0 amide bonds. The predicted molar refractivity (Wildman–Crippen MR) is 223 cm³/mol. The minimum Gasteiger partial charge on any atom is -0.468 e. The summed E-state index contributed by atoms with van der Waals surface area (Å²) in [5.74, 6) is -2.72. The molecule has 1 saturated carbocycles. The van der Waals surface area contributed by atoms with E-state index in [2.05, 4.69) is 46.9 Å². The number of rotatable bonds is 8. The lowest BCUT2D eigenvalue weighted by molar-refractivity contribution is -0.238. The van der Waals surface area contributed by atoms with E-state index >= 15 is 4.79 Å². The second-order valence-corrected chi connectivity index (χ2v) is 18.6. The number of carbonyl (C=O) groups is 4. The largest absolute Gasteiger partial charge is 0.468 e. The fourth-order valence-corrected chi connectivity index (χ4v) is 13.8. The summed E-state index contributed by atoms with van der Waals surface area (Å²) in [6.07, 6.45) is 8.45. The minimum atomic E-state index is -2.22. The first kappa shape index (κ1) is 41.1. The van der Waals surface area contributed by atoms with Gasteiger partial charge in [-0.15, -0.1) is 0 Å². The highest BCUT2D eigenvalue weighted by Crippen LogP contribution is 2.68. The summed E-state index contributed by atoms with van der Waals surface area (Å²) < 4.78 is 24.1. The minimum absolute atomic E-state index is 0.0113. The molecule has 9 rings (SSSR count). The van der Waals surface area contributed by atoms with Gasteiger partial charge in [-0.1, -0.05) is 38.0 Å². The van der Waals surface area contributed by atoms with Gasteiger partial charge in [-0.05, 0) is 92.9 Å². The van der Waals surface area contributed by atoms with Crippen molar-refractivity contribution in [1.29, 1.82) is 0 Å². The number of benzene rings is 1. The zero-order valence-corrected chi connectivity index (χ0v) is 36.2. The molecule has 1 aromatic heterocycles. The number of ether oxygens (including phenoxy) is 4. The van der Waals surface area contributed by atoms with Gasteiger partial charge in [0.15, 0.2) is 5.78 Å². The Balaban J connectivity index is 1.33. The zero-order valence-electron chi connectivity index (χ0n) is 36.2. The Morgan fingerprint density at radius 3 is 2.42 bits per heavy atom. The van der Waals surface area contributed by atoms with Crippen LogP contribution in [0.25, 0.3) is 10.9 Å². The van der Waals surface area contributed by atoms with Gasteiger partial charge in [0.25, 0.3) is 0 Å². The summed E-state index contributed by atoms with van der Waals surface area (Å²) in [7, 11) is 6.29. The van der Waals surface area contributed by atoms with Crippen molar-refractivity contribution in [3.63, 3.8) is 0 Å². The first-order valence-corrected chi connectivity index (χ1v) is 21.8. The maximum Gasteiger partial charge on any atom is 0.344 e. The molecule has 2 aromatic rings. The van der Waals surface area contributed by atoms with Gasteiger partial charge in [0.05, 0.1) is 26.4 Å². The normalized spacial score (nSPS) is 37.9. The molecular weight excluding hydrogens is 765 g/mol. The third kappa shape index (κ3) is 5.50. The molecule has 13 heteroatoms. The standard InChI is InChI=1S/C47H60N4O9/c1-9-27-17-28-21-46(43(54)58-7,39-32(24-50(22-27)23-28)31-18-30(25(3)52)11-12-35(31)48-39)34-19-33-36(20-37(34)57-6)49(5)42-45(33)14-16-51-15-13-29(10-2)38(40(45)51)41(60-26(4)53)47(42,56)44(55)59-8/h11-12,17-20,28-29,34,37-38,40-42,48,56H,9-10,13-16,21-24H2,1-8H3/t28-,29+,34?,37?,38?,40+,41-,42-,45-,46+,47-/m1/s1. The summed E-state index contributed by atoms with van der Waals surface area (Å²) in [4.78, 5) is 66.1. The fourth-order valence-electron chi connectivity index (χ4n) is 13.8. The maximum atomic E-state index is 15.3. The van der Waals surface area contributed by atoms with Gasteiger partial charge in [0.1, 0.15) is 11.5 Å². The highest BCUT2D eigenvalue weighted by molar-refractivity contribution is 6.00. The van der Waals surface area contributed by atoms with E-state index in [9.17, 15) is 19.5 Å². The second-order valence-electron chi connectivity index (χ2n) is 18.6. The van der Waals surface area contributed by atoms with Gasteiger partial charge in [-0.3, -0.25) is 24.2 Å². The second kappa shape index (κ2) is 14.7. The molecular formula is C47H60N4O9. The van der Waals surface area contributed by atoms with Gasteiger partial charge in [-0.25, -0.2) is 4.79 Å². The van der Waals surface area contributed by atoms with Crippen molar-refractivity contribution < 1.29 is 43.2 Å². The number of esters is 3. The molecule has 2 aliphatic carbocycles. The third-order valence-corrected chi connectivity index (χ3v) is 16.0. The smallest absolute Gasteiger partial charge is 0.344 e. The molecule has 0 radical (unpaired) electrons. The van der Waals surface area contributed by atoms with E-state index in [1.807, 2.05) is 30.1 Å². The molecule has 322 valence electrons. The molecule has 60 heavy (non-hydrogen) atoms. The Labute approximate surface area is 352 Å². The number of methoxy groups -OCH3 is 3. The van der Waals surface area contributed by atoms with Crippen LogP contribution >= 0.6 is 0 Å². The summed E-state index contributed by atoms with van der Waals surface area (Å²) >= 11 is 0. The lowest BCUT2D eigenvalue weighted by atomic mass is 9.50. The van der Waals surface area contributed by atoms with E-state index in [1.165, 1.54) is 26.7 Å². The maximum absolute atomic E-state index is 15.3. The average molecular weight is 825 g/mol. The van der Waals surface area contributed by atoms with Crippen LogP contribution in [0.5, 0.6) is 0 Å². The number of Topliss-reactive ketones (excluding diaryl/α,β-unsaturated/α-hetero) is 1. The molecule has 13 nitrogen and oxygen atoms in total. The van der Waals surface area contributed by atoms with Crippen molar-refractivity contribution in [3.05, 3.63) is 70.1 Å². The number of aliphatic hydroxyl groups is 1. The molecule has 2 bridgehead atoms. The summed E-state index contributed by atoms with van der Waals surface area (Å²) in [6.45, 7) is 10.9. The number of nitrogens with one attached hydrogen (secondary N) is 1. The average Bonchev–Trinajstić information content (AvgIpc) is 3.88. The SMILES string of the molecule is CCC1=C[C@H]2CN(C1)Cc1c([nH]c3ccc(C(C)=O)cc13)[C@@](C(=O)OC)(C1C=C3C(=CC1OC)N(C)[C@H]1[C@@](O)(C(=O)OC)[C@H](OC(C)=O)C4[C@@H](CC)CCN5CC[C@]31[C@H]45)C2. The third-order valence-electron chi connectivity index (χ3n) is 16.0. The number of aromatic nitrogens is 1. The topological polar surface area (TPSA) is 151 Å². The number of nitrogens with zero attached hydrogens (tertiary/aromatic N) is 3. The number of ketones is 1. The Kier molecular flexibility index (Phi) is 10.0. The van der Waals surface area contributed by atoms with Crippen LogP contribution in [-0.2, 0) is 45.3 Å². The number of hydrogen-bond donors (Lipinski definition) is 2. The molecule has 6 heterocycles. The van der Waals surface area contributed by atoms with Gasteiger partial charge in [0, 0.05) is 91.9 Å². The Bertz CT molecular complexity index is 2240. The van der Waals surface area contributed by atoms with Crippen molar-refractivity contribution in [2.24, 2.45) is 29.1 Å². The van der Waals surface area contributed by atoms with Crippen molar-refractivity contribution in [1.82, 2.24) is 19.7 Å². The Morgan fingerprint density at radius 2 is 1.75 bits per heavy atom. The first-order valence-electron chi connectivity index (χ1n) is 21.8. The van der Waals surface area contributed by atoms with Crippen molar-refractivity contribution in [2.45, 2.75) is 102 Å². The summed E-state index contributed by atoms with van der Waals surface area (Å²) in [5.41, 5.74) is 1.92. The molecule has 7 aliphatic rings. The highest BCUT2D eigenvalue weighted by Gasteiger charge is 2.79. The summed E-state index contributed by atoms with van der Waals surface area (Å²) in [5, 5.41) is 14.2. The highest BCUT2D eigenvalue weighted by atomic mass is 16.6. The first-order chi connectivity index (χ1) is 28.7. The van der Waals surface area contributed by atoms with Gasteiger partial charge >= 0.3 is 17.9 Å². The summed E-state index contributed by atoms with van der Waals surface area (Å²) in [6, 6.07) is 4.67. The number of carbonyl (C=O) groups excluding carboxylic acids is 4. The molecule has 1 spiro atoms. The van der Waals surface area contributed by atoms with Crippen molar-refractivity contribution >= 4 is 34.6 Å². The van der Waals surface area contributed by atoms with Crippen LogP contribution in [0.3, 0.4) is 0 Å². The van der Waals surface area contributed by atoms with E-state index in [0.717, 1.165) is 78.9 Å². The monoisotopic (exact) mass is 824 g/mol. The number of likely N-dealkylation sites (N-methyl/N-ethyl adjacent to an activating group) is 1. The molecule has 2 N–H and O–H groups in total. The van der Waals surface area contributed by atoms with E-state index in [4.69, 9.17) is 18.9 Å². The Hall–Kier alpha value is -4.30. The molecule has 12 atom stereocenters. The van der Waals surface area contributed by atoms with Crippen LogP contribution in [0.4, 0.5) is 0 Å². The van der Waals surface area contributed by atoms with Crippen LogP contribution in [0.15, 0.2) is 53.3 Å². The van der Waals surface area contributed by atoms with E-state index in [-0.39, 0.29) is 35.5 Å². The number of piperidine rings is 1. The molecule has 3 saturated heterocycles. The number of aromatic amines is 1. The zero-order chi connectivity index (χ0) is 42.6. The number of likely N-dealkylation sites (tertiary alicyclic amines) is 1. The Morgan fingerprint density at radius 1 is 0.983 bits per heavy atom. The fraction of sp³-hybridized carbons (Fsp3) is 0.617. The van der Waals surface area contributed by atoms with Crippen LogP contribution in [-0.4, -0.2) is 133 Å². The van der Waals surface area contributed by atoms with Crippen LogP contribution in [0.2, 0.25) is 0 Å². The molecule has 4 fully saturated rings. The van der Waals surface area contributed by atoms with E-state index in [1.54, 1.807) is 14.0 Å². The number of fused-ring (bicyclic) bond motifs is 6. The number of allylic oxidation sites excluding steroid dienone is 1. The van der Waals surface area contributed by atoms with Crippen molar-refractivity contribution in [2.75, 3.05) is 54.6 Å². The van der Waals surface area contributed by atoms with Gasteiger partial charge in [0.2, 0.25) is 5.60 Å². The van der Waals surface area contributed by atoms with Crippen LogP contribution < -0.4 is 0 Å². The van der Waals surface area contributed by atoms with Crippen LogP contribution in [0.1, 0.15) is 81.4 Å². The lowest BCUT2D eigenvalue weighted by Crippen LogP contribution is -2.77. The molecule has 4 unspecified atom stereocenters.